The number of carbonyl (C=O) groups is 1. The minimum Gasteiger partial charge on any atom is -0.494 e. The summed E-state index contributed by atoms with van der Waals surface area (Å²) >= 11 is 6.35. The van der Waals surface area contributed by atoms with Gasteiger partial charge in [-0.25, -0.2) is 4.98 Å². The number of carbonyl (C=O) groups excluding carboxylic acids is 1. The highest BCUT2D eigenvalue weighted by Crippen LogP contribution is 2.37. The van der Waals surface area contributed by atoms with Crippen LogP contribution in [0, 0.1) is 0 Å². The molecule has 0 spiro atoms. The van der Waals surface area contributed by atoms with Crippen molar-refractivity contribution < 1.29 is 14.6 Å². The van der Waals surface area contributed by atoms with Crippen molar-refractivity contribution in [2.75, 3.05) is 64.1 Å². The van der Waals surface area contributed by atoms with Crippen molar-refractivity contribution in [1.82, 2.24) is 25.5 Å². The summed E-state index contributed by atoms with van der Waals surface area (Å²) in [6.45, 7) is 5.43. The Morgan fingerprint density at radius 2 is 1.85 bits per heavy atom. The Balaban J connectivity index is 0.000000367. The summed E-state index contributed by atoms with van der Waals surface area (Å²) in [7, 11) is 3.28. The van der Waals surface area contributed by atoms with Crippen molar-refractivity contribution in [3.8, 4) is 5.75 Å². The van der Waals surface area contributed by atoms with Crippen molar-refractivity contribution >= 4 is 40.6 Å². The predicted octanol–water partition coefficient (Wildman–Crippen LogP) is 4.14. The van der Waals surface area contributed by atoms with Gasteiger partial charge in [0, 0.05) is 39.8 Å². The zero-order valence-electron chi connectivity index (χ0n) is 23.8. The number of nitrogens with zero attached hydrogens (tertiary/aromatic N) is 3. The maximum absolute atomic E-state index is 12.2. The monoisotopic (exact) mass is 581 g/mol. The Kier molecular flexibility index (Phi) is 11.6. The highest BCUT2D eigenvalue weighted by Gasteiger charge is 2.18. The van der Waals surface area contributed by atoms with Crippen LogP contribution in [0.4, 0.5) is 23.1 Å². The second kappa shape index (κ2) is 15.5. The molecule has 41 heavy (non-hydrogen) atoms. The molecule has 11 heteroatoms. The van der Waals surface area contributed by atoms with Crippen molar-refractivity contribution in [3.63, 3.8) is 0 Å². The number of rotatable bonds is 8. The number of piperazine rings is 1. The molecule has 5 N–H and O–H groups in total. The number of anilines is 4. The molecule has 5 rings (SSSR count). The van der Waals surface area contributed by atoms with Gasteiger partial charge in [-0.15, -0.1) is 0 Å². The van der Waals surface area contributed by atoms with Gasteiger partial charge in [0.15, 0.2) is 5.82 Å². The van der Waals surface area contributed by atoms with Gasteiger partial charge < -0.3 is 31.1 Å². The molecule has 1 amide bonds. The van der Waals surface area contributed by atoms with E-state index >= 15 is 0 Å². The molecule has 2 aromatic carbocycles. The molecule has 0 unspecified atom stereocenters. The smallest absolute Gasteiger partial charge is 0.253 e. The third kappa shape index (κ3) is 8.29. The number of para-hydroxylation sites is 1. The first-order valence-electron chi connectivity index (χ1n) is 14.1. The van der Waals surface area contributed by atoms with E-state index in [0.29, 0.717) is 34.6 Å². The molecule has 0 atom stereocenters. The van der Waals surface area contributed by atoms with Gasteiger partial charge in [0.2, 0.25) is 5.95 Å². The van der Waals surface area contributed by atoms with E-state index in [9.17, 15) is 4.79 Å². The molecule has 1 aliphatic carbocycles. The van der Waals surface area contributed by atoms with E-state index in [2.05, 4.69) is 42.2 Å². The quantitative estimate of drug-likeness (QED) is 0.250. The van der Waals surface area contributed by atoms with Crippen molar-refractivity contribution in [3.05, 3.63) is 64.3 Å². The van der Waals surface area contributed by atoms with Crippen LogP contribution in [0.1, 0.15) is 40.7 Å². The Morgan fingerprint density at radius 1 is 1.07 bits per heavy atom. The maximum Gasteiger partial charge on any atom is 0.253 e. The number of amides is 1. The molecule has 1 saturated heterocycles. The number of aryl methyl sites for hydroxylation is 1. The molecule has 0 saturated carbocycles. The van der Waals surface area contributed by atoms with Gasteiger partial charge in [-0.3, -0.25) is 9.69 Å². The molecular weight excluding hydrogens is 542 g/mol. The van der Waals surface area contributed by atoms with Crippen LogP contribution < -0.4 is 26.0 Å². The second-order valence-electron chi connectivity index (χ2n) is 9.92. The molecular formula is C30H40ClN7O3. The zero-order valence-corrected chi connectivity index (χ0v) is 24.6. The van der Waals surface area contributed by atoms with E-state index in [0.717, 1.165) is 63.4 Å². The van der Waals surface area contributed by atoms with Gasteiger partial charge in [0.05, 0.1) is 36.9 Å². The number of aliphatic hydroxyl groups excluding tert-OH is 1. The highest BCUT2D eigenvalue weighted by atomic mass is 35.5. The molecule has 10 nitrogen and oxygen atoms in total. The van der Waals surface area contributed by atoms with Crippen LogP contribution in [0.5, 0.6) is 5.75 Å². The number of fused-ring (bicyclic) bond motifs is 1. The first-order valence-corrected chi connectivity index (χ1v) is 14.5. The van der Waals surface area contributed by atoms with E-state index in [1.54, 1.807) is 32.4 Å². The van der Waals surface area contributed by atoms with E-state index in [1.807, 2.05) is 12.1 Å². The average molecular weight is 582 g/mol. The molecule has 0 radical (unpaired) electrons. The summed E-state index contributed by atoms with van der Waals surface area (Å²) in [5, 5.41) is 21.2. The molecule has 1 fully saturated rings. The fraction of sp³-hybridized carbons (Fsp3) is 0.433. The fourth-order valence-corrected chi connectivity index (χ4v) is 5.20. The average Bonchev–Trinajstić information content (AvgIpc) is 3.25. The number of nitrogens with one attached hydrogen (secondary N) is 4. The fourth-order valence-electron chi connectivity index (χ4n) is 5.07. The number of hydrogen-bond acceptors (Lipinski definition) is 9. The van der Waals surface area contributed by atoms with Gasteiger partial charge in [-0.05, 0) is 55.0 Å². The minimum absolute atomic E-state index is 0.202. The number of aromatic nitrogens is 2. The highest BCUT2D eigenvalue weighted by molar-refractivity contribution is 6.33. The lowest BCUT2D eigenvalue weighted by Gasteiger charge is -2.25. The number of β-amino-alcohol motifs (C(OH)–C–C–N with tert-alkyl or cyclic N) is 1. The first-order chi connectivity index (χ1) is 20.0. The topological polar surface area (TPSA) is 124 Å². The van der Waals surface area contributed by atoms with Crippen LogP contribution in [0.2, 0.25) is 5.02 Å². The molecule has 1 aliphatic heterocycles. The standard InChI is InChI=1S/C24H26ClN5O2.C6H14N2O/c1-26-23(31)17-10-6-7-11-19(17)28-22-18(25)14-27-24(30-22)29-20-13-12-15-8-4-3-5-9-16(15)21(20)32-2;9-6-5-8-3-1-7-2-4-8/h6-7,10-14H,3-5,8-9H2,1-2H3,(H,26,31)(H2,27,28,29,30);7,9H,1-6H2. The number of ether oxygens (including phenoxy) is 1. The van der Waals surface area contributed by atoms with E-state index in [1.165, 1.54) is 30.2 Å². The van der Waals surface area contributed by atoms with E-state index in [-0.39, 0.29) is 5.91 Å². The minimum atomic E-state index is -0.202. The van der Waals surface area contributed by atoms with Crippen LogP contribution in [0.15, 0.2) is 42.6 Å². The van der Waals surface area contributed by atoms with E-state index < -0.39 is 0 Å². The van der Waals surface area contributed by atoms with Gasteiger partial charge in [0.25, 0.3) is 5.91 Å². The Morgan fingerprint density at radius 3 is 2.61 bits per heavy atom. The number of halogens is 1. The lowest BCUT2D eigenvalue weighted by molar-refractivity contribution is 0.0964. The largest absolute Gasteiger partial charge is 0.494 e. The molecule has 220 valence electrons. The van der Waals surface area contributed by atoms with Gasteiger partial charge in [-0.2, -0.15) is 4.98 Å². The van der Waals surface area contributed by atoms with Gasteiger partial charge in [-0.1, -0.05) is 36.2 Å². The van der Waals surface area contributed by atoms with Crippen LogP contribution in [0.25, 0.3) is 0 Å². The molecule has 0 bridgehead atoms. The van der Waals surface area contributed by atoms with Crippen molar-refractivity contribution in [2.24, 2.45) is 0 Å². The number of aliphatic hydroxyl groups is 1. The normalized spacial score (nSPS) is 15.0. The molecule has 3 aromatic rings. The zero-order chi connectivity index (χ0) is 29.0. The van der Waals surface area contributed by atoms with Crippen LogP contribution in [-0.4, -0.2) is 79.4 Å². The van der Waals surface area contributed by atoms with E-state index in [4.69, 9.17) is 21.4 Å². The Hall–Kier alpha value is -3.44. The third-order valence-corrected chi connectivity index (χ3v) is 7.48. The second-order valence-corrected chi connectivity index (χ2v) is 10.3. The maximum atomic E-state index is 12.2. The van der Waals surface area contributed by atoms with Gasteiger partial charge >= 0.3 is 0 Å². The summed E-state index contributed by atoms with van der Waals surface area (Å²) in [4.78, 5) is 23.3. The number of benzene rings is 2. The lowest BCUT2D eigenvalue weighted by atomic mass is 10.0. The third-order valence-electron chi connectivity index (χ3n) is 7.20. The Labute approximate surface area is 246 Å². The Bertz CT molecular complexity index is 1300. The summed E-state index contributed by atoms with van der Waals surface area (Å²) in [5.41, 5.74) is 4.50. The predicted molar refractivity (Wildman–Crippen MR) is 164 cm³/mol. The van der Waals surface area contributed by atoms with Gasteiger partial charge in [0.1, 0.15) is 10.8 Å². The summed E-state index contributed by atoms with van der Waals surface area (Å²) < 4.78 is 5.77. The van der Waals surface area contributed by atoms with Crippen LogP contribution in [-0.2, 0) is 12.8 Å². The SMILES string of the molecule is CNC(=O)c1ccccc1Nc1nc(Nc2ccc3c(c2OC)CCCCC3)ncc1Cl.OCCN1CCNCC1. The van der Waals surface area contributed by atoms with Crippen LogP contribution >= 0.6 is 11.6 Å². The van der Waals surface area contributed by atoms with Crippen molar-refractivity contribution in [1.29, 1.82) is 0 Å². The summed E-state index contributed by atoms with van der Waals surface area (Å²) in [5.74, 6) is 1.41. The summed E-state index contributed by atoms with van der Waals surface area (Å²) in [6.07, 6.45) is 7.19. The molecule has 2 heterocycles. The van der Waals surface area contributed by atoms with Crippen molar-refractivity contribution in [2.45, 2.75) is 32.1 Å². The number of methoxy groups -OCH3 is 1. The molecule has 2 aliphatic rings. The summed E-state index contributed by atoms with van der Waals surface area (Å²) in [6, 6.07) is 11.3. The number of hydrogen-bond donors (Lipinski definition) is 5. The lowest BCUT2D eigenvalue weighted by Crippen LogP contribution is -2.44. The first kappa shape index (κ1) is 30.5. The van der Waals surface area contributed by atoms with Crippen LogP contribution in [0.3, 0.4) is 0 Å². The molecule has 1 aromatic heterocycles.